The van der Waals surface area contributed by atoms with Crippen molar-refractivity contribution in [3.8, 4) is 46.0 Å². The van der Waals surface area contributed by atoms with E-state index < -0.39 is 17.6 Å². The molecule has 0 saturated carbocycles. The van der Waals surface area contributed by atoms with E-state index in [4.69, 9.17) is 33.4 Å². The zero-order valence-electron chi connectivity index (χ0n) is 35.4. The van der Waals surface area contributed by atoms with E-state index in [1.165, 1.54) is 18.3 Å². The Hall–Kier alpha value is -7.06. The summed E-state index contributed by atoms with van der Waals surface area (Å²) in [6.07, 6.45) is 4.25. The number of fused-ring (bicyclic) bond motifs is 2. The zero-order chi connectivity index (χ0) is 44.2. The maximum Gasteiger partial charge on any atom is 0.275 e. The maximum absolute atomic E-state index is 15.6. The molecule has 0 fully saturated rings. The SMILES string of the molecule is COCC1COc2cnc(C(=O)Nc3cccc(-c4nncn4C(C)Cc4ccc(-c5nncn5C(C)C)nc4NC(=O)c4cc5c(cc4F)OCC([C@@H](C)COC)O5)n3)cc2O1. The topological polar surface area (TPSA) is 214 Å². The molecule has 63 heavy (non-hydrogen) atoms. The smallest absolute Gasteiger partial charge is 0.275 e. The number of hydrogen-bond acceptors (Lipinski definition) is 15. The highest BCUT2D eigenvalue weighted by Crippen LogP contribution is 2.37. The molecule has 328 valence electrons. The van der Waals surface area contributed by atoms with Crippen LogP contribution in [0.5, 0.6) is 23.0 Å². The summed E-state index contributed by atoms with van der Waals surface area (Å²) in [6.45, 7) is 9.15. The van der Waals surface area contributed by atoms with Gasteiger partial charge < -0.3 is 48.2 Å². The quantitative estimate of drug-likeness (QED) is 0.128. The van der Waals surface area contributed by atoms with E-state index >= 15 is 4.39 Å². The van der Waals surface area contributed by atoms with Crippen molar-refractivity contribution >= 4 is 23.5 Å². The van der Waals surface area contributed by atoms with E-state index in [-0.39, 0.29) is 71.2 Å². The zero-order valence-corrected chi connectivity index (χ0v) is 35.4. The summed E-state index contributed by atoms with van der Waals surface area (Å²) < 4.78 is 53.3. The van der Waals surface area contributed by atoms with Crippen LogP contribution >= 0.6 is 0 Å². The molecule has 5 aromatic heterocycles. The normalized spacial score (nSPS) is 16.4. The average molecular weight is 864 g/mol. The fourth-order valence-electron chi connectivity index (χ4n) is 7.19. The molecule has 6 aromatic rings. The minimum Gasteiger partial charge on any atom is -0.486 e. The Bertz CT molecular complexity index is 2620. The lowest BCUT2D eigenvalue weighted by Crippen LogP contribution is -2.37. The van der Waals surface area contributed by atoms with E-state index in [9.17, 15) is 9.59 Å². The van der Waals surface area contributed by atoms with Crippen LogP contribution in [-0.2, 0) is 15.9 Å². The van der Waals surface area contributed by atoms with E-state index in [0.717, 1.165) is 6.07 Å². The van der Waals surface area contributed by atoms with Gasteiger partial charge in [-0.3, -0.25) is 9.59 Å². The lowest BCUT2D eigenvalue weighted by Gasteiger charge is -2.30. The van der Waals surface area contributed by atoms with Gasteiger partial charge in [0, 0.05) is 44.4 Å². The van der Waals surface area contributed by atoms with E-state index in [1.807, 2.05) is 42.9 Å². The molecule has 3 unspecified atom stereocenters. The van der Waals surface area contributed by atoms with Crippen LogP contribution in [0.2, 0.25) is 0 Å². The van der Waals surface area contributed by atoms with Gasteiger partial charge in [-0.05, 0) is 57.0 Å². The first kappa shape index (κ1) is 42.6. The largest absolute Gasteiger partial charge is 0.486 e. The number of aromatic nitrogens is 9. The molecule has 0 saturated heterocycles. The van der Waals surface area contributed by atoms with Crippen molar-refractivity contribution < 1.29 is 42.4 Å². The van der Waals surface area contributed by atoms with Crippen LogP contribution in [0.4, 0.5) is 16.0 Å². The molecule has 2 N–H and O–H groups in total. The molecule has 2 amide bonds. The van der Waals surface area contributed by atoms with Gasteiger partial charge in [0.2, 0.25) is 0 Å². The number of carbonyl (C=O) groups excluding carboxylic acids is 2. The Balaban J connectivity index is 1.04. The van der Waals surface area contributed by atoms with Crippen LogP contribution in [0, 0.1) is 11.7 Å². The first-order valence-electron chi connectivity index (χ1n) is 20.3. The van der Waals surface area contributed by atoms with Crippen molar-refractivity contribution in [1.29, 1.82) is 0 Å². The van der Waals surface area contributed by atoms with Crippen LogP contribution < -0.4 is 29.6 Å². The highest BCUT2D eigenvalue weighted by atomic mass is 19.1. The van der Waals surface area contributed by atoms with Crippen LogP contribution in [0.3, 0.4) is 0 Å². The van der Waals surface area contributed by atoms with Crippen molar-refractivity contribution in [2.75, 3.05) is 51.3 Å². The number of nitrogens with one attached hydrogen (secondary N) is 2. The predicted octanol–water partition coefficient (Wildman–Crippen LogP) is 5.63. The Labute approximate surface area is 361 Å². The Morgan fingerprint density at radius 2 is 1.57 bits per heavy atom. The molecule has 19 nitrogen and oxygen atoms in total. The van der Waals surface area contributed by atoms with Crippen molar-refractivity contribution in [3.05, 3.63) is 90.0 Å². The van der Waals surface area contributed by atoms with Gasteiger partial charge in [-0.1, -0.05) is 19.1 Å². The van der Waals surface area contributed by atoms with E-state index in [1.54, 1.807) is 51.1 Å². The van der Waals surface area contributed by atoms with E-state index in [0.29, 0.717) is 66.3 Å². The lowest BCUT2D eigenvalue weighted by molar-refractivity contribution is 0.0209. The summed E-state index contributed by atoms with van der Waals surface area (Å²) in [6, 6.07) is 12.4. The number of benzene rings is 1. The average Bonchev–Trinajstić information content (AvgIpc) is 3.98. The molecule has 0 bridgehead atoms. The van der Waals surface area contributed by atoms with Gasteiger partial charge in [0.05, 0.1) is 25.0 Å². The molecule has 4 atom stereocenters. The third-order valence-electron chi connectivity index (χ3n) is 10.5. The fraction of sp³-hybridized carbons (Fsp3) is 0.372. The predicted molar refractivity (Wildman–Crippen MR) is 225 cm³/mol. The summed E-state index contributed by atoms with van der Waals surface area (Å²) in [5, 5.41) is 22.6. The van der Waals surface area contributed by atoms with Gasteiger partial charge in [-0.15, -0.1) is 20.4 Å². The number of carbonyl (C=O) groups is 2. The molecular formula is C43H46FN11O8. The molecule has 7 heterocycles. The number of ether oxygens (including phenoxy) is 6. The number of nitrogens with zero attached hydrogens (tertiary/aromatic N) is 9. The van der Waals surface area contributed by atoms with Gasteiger partial charge in [0.1, 0.15) is 66.5 Å². The number of anilines is 2. The van der Waals surface area contributed by atoms with Crippen LogP contribution in [0.15, 0.2) is 67.4 Å². The van der Waals surface area contributed by atoms with Crippen LogP contribution in [0.1, 0.15) is 66.2 Å². The van der Waals surface area contributed by atoms with Crippen molar-refractivity contribution in [1.82, 2.24) is 44.5 Å². The summed E-state index contributed by atoms with van der Waals surface area (Å²) >= 11 is 0. The van der Waals surface area contributed by atoms with Gasteiger partial charge in [0.25, 0.3) is 11.8 Å². The number of halogens is 1. The first-order valence-corrected chi connectivity index (χ1v) is 20.3. The molecule has 0 aliphatic carbocycles. The molecule has 0 spiro atoms. The second kappa shape index (κ2) is 18.5. The molecule has 8 rings (SSSR count). The minimum atomic E-state index is -0.789. The summed E-state index contributed by atoms with van der Waals surface area (Å²) in [5.74, 6) is 0.531. The fourth-order valence-corrected chi connectivity index (χ4v) is 7.19. The van der Waals surface area contributed by atoms with Crippen molar-refractivity contribution in [2.45, 2.75) is 58.4 Å². The van der Waals surface area contributed by atoms with Crippen LogP contribution in [0.25, 0.3) is 23.0 Å². The highest BCUT2D eigenvalue weighted by Gasteiger charge is 2.30. The number of pyridine rings is 3. The van der Waals surface area contributed by atoms with Crippen molar-refractivity contribution in [2.24, 2.45) is 5.92 Å². The molecular weight excluding hydrogens is 818 g/mol. The Morgan fingerprint density at radius 3 is 2.35 bits per heavy atom. The standard InChI is InChI=1S/C43H46FN11O8/c1-23(2)54-21-46-52-40(54)31-11-10-26(39(49-31)51-42(56)28-13-34-33(14-29(28)44)61-20-37(63-34)24(3)17-58-5)12-25(4)55-22-47-53-41(55)30-8-7-9-38(48-30)50-43(57)32-15-35-36(16-45-32)60-19-27(62-35)18-59-6/h7-11,13-16,21-25,27,37H,12,17-20H2,1-6H3,(H,48,50,57)(H,49,51,56)/t24-,25?,27?,37?/m0/s1. The lowest BCUT2D eigenvalue weighted by atomic mass is 10.0. The van der Waals surface area contributed by atoms with Gasteiger partial charge in [0.15, 0.2) is 40.8 Å². The molecule has 0 radical (unpaired) electrons. The minimum absolute atomic E-state index is 0.0173. The molecule has 1 aromatic carbocycles. The second-order valence-corrected chi connectivity index (χ2v) is 15.5. The number of methoxy groups -OCH3 is 2. The first-order chi connectivity index (χ1) is 30.5. The Morgan fingerprint density at radius 1 is 0.825 bits per heavy atom. The van der Waals surface area contributed by atoms with Crippen molar-refractivity contribution in [3.63, 3.8) is 0 Å². The third-order valence-corrected chi connectivity index (χ3v) is 10.5. The summed E-state index contributed by atoms with van der Waals surface area (Å²) in [5.41, 5.74) is 1.34. The highest BCUT2D eigenvalue weighted by molar-refractivity contribution is 6.05. The van der Waals surface area contributed by atoms with Gasteiger partial charge >= 0.3 is 0 Å². The monoisotopic (exact) mass is 863 g/mol. The van der Waals surface area contributed by atoms with E-state index in [2.05, 4.69) is 41.0 Å². The van der Waals surface area contributed by atoms with Gasteiger partial charge in [-0.25, -0.2) is 19.3 Å². The van der Waals surface area contributed by atoms with Crippen LogP contribution in [-0.4, -0.2) is 109 Å². The number of hydrogen-bond donors (Lipinski definition) is 2. The Kier molecular flexibility index (Phi) is 12.5. The summed E-state index contributed by atoms with van der Waals surface area (Å²) in [7, 11) is 3.17. The second-order valence-electron chi connectivity index (χ2n) is 15.5. The third kappa shape index (κ3) is 9.26. The molecule has 20 heteroatoms. The number of rotatable bonds is 15. The molecule has 2 aliphatic rings. The number of amides is 2. The van der Waals surface area contributed by atoms with Gasteiger partial charge in [-0.2, -0.15) is 0 Å². The molecule has 2 aliphatic heterocycles. The summed E-state index contributed by atoms with van der Waals surface area (Å²) in [4.78, 5) is 41.1. The maximum atomic E-state index is 15.6.